The fourth-order valence-corrected chi connectivity index (χ4v) is 3.65. The number of carboxylic acid groups (broad SMARTS) is 1. The Balaban J connectivity index is 1.96. The summed E-state index contributed by atoms with van der Waals surface area (Å²) in [5.41, 5.74) is 1.34. The second-order valence-corrected chi connectivity index (χ2v) is 6.99. The number of oxazole rings is 1. The minimum absolute atomic E-state index is 0.0857. The largest absolute Gasteiger partial charge is 0.478 e. The summed E-state index contributed by atoms with van der Waals surface area (Å²) in [5, 5.41) is 9.07. The lowest BCUT2D eigenvalue weighted by Gasteiger charge is -2.11. The monoisotopic (exact) mass is 358 g/mol. The van der Waals surface area contributed by atoms with E-state index < -0.39 is 16.0 Å². The number of sulfonamides is 1. The molecule has 0 aliphatic carbocycles. The minimum atomic E-state index is -3.95. The zero-order valence-corrected chi connectivity index (χ0v) is 13.9. The van der Waals surface area contributed by atoms with Gasteiger partial charge in [0.2, 0.25) is 0 Å². The summed E-state index contributed by atoms with van der Waals surface area (Å²) in [5.74, 6) is -0.686. The van der Waals surface area contributed by atoms with Crippen molar-refractivity contribution >= 4 is 21.7 Å². The van der Waals surface area contributed by atoms with Crippen LogP contribution in [-0.2, 0) is 10.0 Å². The Bertz CT molecular complexity index is 1030. The van der Waals surface area contributed by atoms with Crippen LogP contribution in [0.25, 0.3) is 11.3 Å². The molecule has 1 heterocycles. The van der Waals surface area contributed by atoms with Gasteiger partial charge in [-0.1, -0.05) is 18.2 Å². The molecule has 7 nitrogen and oxygen atoms in total. The topological polar surface area (TPSA) is 110 Å². The molecule has 3 rings (SSSR count). The fraction of sp³-hybridized carbons (Fsp3) is 0.0588. The third kappa shape index (κ3) is 3.53. The van der Waals surface area contributed by atoms with Crippen LogP contribution in [0.4, 0.5) is 5.69 Å². The third-order valence-electron chi connectivity index (χ3n) is 3.56. The van der Waals surface area contributed by atoms with Gasteiger partial charge >= 0.3 is 5.97 Å². The van der Waals surface area contributed by atoms with Crippen molar-refractivity contribution in [3.63, 3.8) is 0 Å². The number of aromatic nitrogens is 1. The zero-order valence-electron chi connectivity index (χ0n) is 13.1. The van der Waals surface area contributed by atoms with Crippen LogP contribution in [-0.4, -0.2) is 24.5 Å². The summed E-state index contributed by atoms with van der Waals surface area (Å²) in [6.45, 7) is 1.60. The molecule has 0 aliphatic rings. The van der Waals surface area contributed by atoms with Crippen molar-refractivity contribution in [2.24, 2.45) is 0 Å². The van der Waals surface area contributed by atoms with Crippen LogP contribution in [0.5, 0.6) is 0 Å². The highest BCUT2D eigenvalue weighted by Crippen LogP contribution is 2.25. The predicted molar refractivity (Wildman–Crippen MR) is 90.9 cm³/mol. The van der Waals surface area contributed by atoms with Gasteiger partial charge < -0.3 is 9.52 Å². The Morgan fingerprint density at radius 1 is 1.20 bits per heavy atom. The zero-order chi connectivity index (χ0) is 18.0. The van der Waals surface area contributed by atoms with Crippen LogP contribution in [0, 0.1) is 6.92 Å². The number of hydrogen-bond donors (Lipinski definition) is 2. The van der Waals surface area contributed by atoms with Gasteiger partial charge in [-0.15, -0.1) is 0 Å². The van der Waals surface area contributed by atoms with Gasteiger partial charge in [0.1, 0.15) is 0 Å². The van der Waals surface area contributed by atoms with Gasteiger partial charge in [-0.3, -0.25) is 4.72 Å². The van der Waals surface area contributed by atoms with Gasteiger partial charge in [0.25, 0.3) is 10.0 Å². The molecular weight excluding hydrogens is 344 g/mol. The van der Waals surface area contributed by atoms with Gasteiger partial charge in [0.15, 0.2) is 12.2 Å². The maximum absolute atomic E-state index is 12.7. The van der Waals surface area contributed by atoms with Crippen LogP contribution >= 0.6 is 0 Å². The Kier molecular flexibility index (Phi) is 4.28. The lowest BCUT2D eigenvalue weighted by molar-refractivity contribution is 0.0696. The number of rotatable bonds is 5. The molecule has 0 saturated carbocycles. The van der Waals surface area contributed by atoms with E-state index in [1.165, 1.54) is 24.7 Å². The highest BCUT2D eigenvalue weighted by molar-refractivity contribution is 7.92. The van der Waals surface area contributed by atoms with E-state index in [9.17, 15) is 13.2 Å². The van der Waals surface area contributed by atoms with Crippen molar-refractivity contribution in [1.82, 2.24) is 4.98 Å². The Labute approximate surface area is 144 Å². The normalized spacial score (nSPS) is 11.2. The first-order chi connectivity index (χ1) is 11.9. The highest BCUT2D eigenvalue weighted by Gasteiger charge is 2.19. The number of aryl methyl sites for hydroxylation is 1. The number of nitrogens with zero attached hydrogens (tertiary/aromatic N) is 1. The van der Waals surface area contributed by atoms with Crippen molar-refractivity contribution in [2.45, 2.75) is 11.8 Å². The van der Waals surface area contributed by atoms with Crippen LogP contribution in [0.3, 0.4) is 0 Å². The average molecular weight is 358 g/mol. The van der Waals surface area contributed by atoms with E-state index in [1.54, 1.807) is 31.2 Å². The van der Waals surface area contributed by atoms with Gasteiger partial charge in [0, 0.05) is 11.3 Å². The third-order valence-corrected chi connectivity index (χ3v) is 5.08. The second-order valence-electron chi connectivity index (χ2n) is 5.34. The van der Waals surface area contributed by atoms with Crippen molar-refractivity contribution in [3.05, 3.63) is 66.2 Å². The second kappa shape index (κ2) is 6.40. The summed E-state index contributed by atoms with van der Waals surface area (Å²) in [4.78, 5) is 14.8. The van der Waals surface area contributed by atoms with E-state index in [2.05, 4.69) is 9.71 Å². The van der Waals surface area contributed by atoms with Gasteiger partial charge in [-0.25, -0.2) is 18.2 Å². The number of aromatic carboxylic acids is 1. The quantitative estimate of drug-likeness (QED) is 0.725. The first-order valence-corrected chi connectivity index (χ1v) is 8.71. The van der Waals surface area contributed by atoms with E-state index in [0.29, 0.717) is 22.6 Å². The lowest BCUT2D eigenvalue weighted by Crippen LogP contribution is -2.15. The number of carbonyl (C=O) groups is 1. The van der Waals surface area contributed by atoms with Gasteiger partial charge in [-0.2, -0.15) is 0 Å². The molecule has 128 valence electrons. The van der Waals surface area contributed by atoms with E-state index in [4.69, 9.17) is 9.52 Å². The maximum atomic E-state index is 12.7. The molecule has 1 aromatic heterocycles. The molecule has 0 atom stereocenters. The number of anilines is 1. The molecule has 8 heteroatoms. The first-order valence-electron chi connectivity index (χ1n) is 7.22. The van der Waals surface area contributed by atoms with E-state index in [-0.39, 0.29) is 10.5 Å². The molecule has 0 unspecified atom stereocenters. The molecule has 2 N–H and O–H groups in total. The van der Waals surface area contributed by atoms with Gasteiger partial charge in [-0.05, 0) is 36.8 Å². The van der Waals surface area contributed by atoms with Crippen molar-refractivity contribution in [3.8, 4) is 11.3 Å². The molecule has 25 heavy (non-hydrogen) atoms. The Morgan fingerprint density at radius 3 is 2.68 bits per heavy atom. The van der Waals surface area contributed by atoms with E-state index in [0.717, 1.165) is 6.07 Å². The Morgan fingerprint density at radius 2 is 2.00 bits per heavy atom. The minimum Gasteiger partial charge on any atom is -0.478 e. The molecule has 0 radical (unpaired) electrons. The van der Waals surface area contributed by atoms with Gasteiger partial charge in [0.05, 0.1) is 16.7 Å². The maximum Gasteiger partial charge on any atom is 0.335 e. The van der Waals surface area contributed by atoms with Crippen LogP contribution in [0.1, 0.15) is 15.9 Å². The average Bonchev–Trinajstić information content (AvgIpc) is 3.09. The van der Waals surface area contributed by atoms with Crippen molar-refractivity contribution in [1.29, 1.82) is 0 Å². The van der Waals surface area contributed by atoms with E-state index in [1.807, 2.05) is 0 Å². The van der Waals surface area contributed by atoms with E-state index >= 15 is 0 Å². The lowest BCUT2D eigenvalue weighted by atomic mass is 10.1. The number of nitrogens with one attached hydrogen (secondary N) is 1. The SMILES string of the molecule is Cc1ccc(C(=O)O)cc1S(=O)(=O)Nc1cccc(-c2cnco2)c1. The van der Waals surface area contributed by atoms with Crippen molar-refractivity contribution in [2.75, 3.05) is 4.72 Å². The molecule has 0 bridgehead atoms. The standard InChI is InChI=1S/C17H14N2O5S/c1-11-5-6-13(17(20)21)8-16(11)25(22,23)19-14-4-2-3-12(7-14)15-9-18-10-24-15/h2-10,19H,1H3,(H,20,21). The predicted octanol–water partition coefficient (Wildman–Crippen LogP) is 3.15. The summed E-state index contributed by atoms with van der Waals surface area (Å²) in [6.07, 6.45) is 2.81. The Hall–Kier alpha value is -3.13. The van der Waals surface area contributed by atoms with Crippen molar-refractivity contribution < 1.29 is 22.7 Å². The summed E-state index contributed by atoms with van der Waals surface area (Å²) in [6, 6.07) is 10.6. The molecule has 3 aromatic rings. The number of carboxylic acids is 1. The molecular formula is C17H14N2O5S. The highest BCUT2D eigenvalue weighted by atomic mass is 32.2. The molecule has 0 aliphatic heterocycles. The molecule has 0 spiro atoms. The summed E-state index contributed by atoms with van der Waals surface area (Å²) >= 11 is 0. The van der Waals surface area contributed by atoms with Crippen LogP contribution in [0.15, 0.2) is 64.4 Å². The molecule has 0 amide bonds. The number of hydrogen-bond acceptors (Lipinski definition) is 5. The summed E-state index contributed by atoms with van der Waals surface area (Å²) in [7, 11) is -3.95. The molecule has 0 saturated heterocycles. The molecule has 2 aromatic carbocycles. The van der Waals surface area contributed by atoms with Crippen LogP contribution in [0.2, 0.25) is 0 Å². The fourth-order valence-electron chi connectivity index (χ4n) is 2.33. The smallest absolute Gasteiger partial charge is 0.335 e. The summed E-state index contributed by atoms with van der Waals surface area (Å²) < 4.78 is 33.0. The first kappa shape index (κ1) is 16.7. The number of benzene rings is 2. The molecule has 0 fully saturated rings. The van der Waals surface area contributed by atoms with Crippen LogP contribution < -0.4 is 4.72 Å².